The molecule has 0 bridgehead atoms. The van der Waals surface area contributed by atoms with Gasteiger partial charge in [0, 0.05) is 10.3 Å². The van der Waals surface area contributed by atoms with Gasteiger partial charge in [-0.3, -0.25) is 0 Å². The fourth-order valence-electron chi connectivity index (χ4n) is 2.16. The van der Waals surface area contributed by atoms with E-state index in [-0.39, 0.29) is 5.25 Å². The molecule has 1 aromatic heterocycles. The SMILES string of the molecule is COc1ccc(-n2nnnc2S[C@H](C)c2ccccc2Cl)cc1. The Morgan fingerprint density at radius 1 is 1.13 bits per heavy atom. The van der Waals surface area contributed by atoms with E-state index in [0.29, 0.717) is 5.16 Å². The number of hydrogen-bond acceptors (Lipinski definition) is 5. The Hall–Kier alpha value is -2.05. The van der Waals surface area contributed by atoms with Crippen LogP contribution in [0.25, 0.3) is 5.69 Å². The molecule has 0 amide bonds. The fourth-order valence-corrected chi connectivity index (χ4v) is 3.50. The zero-order chi connectivity index (χ0) is 16.2. The molecule has 118 valence electrons. The van der Waals surface area contributed by atoms with Crippen molar-refractivity contribution in [1.29, 1.82) is 0 Å². The Morgan fingerprint density at radius 3 is 2.57 bits per heavy atom. The minimum atomic E-state index is 0.131. The standard InChI is InChI=1S/C16H15ClN4OS/c1-11(14-5-3-4-6-15(14)17)23-16-18-19-20-21(16)12-7-9-13(22-2)10-8-12/h3-11H,1-2H3/t11-/m1/s1. The van der Waals surface area contributed by atoms with Crippen LogP contribution in [0.15, 0.2) is 53.7 Å². The van der Waals surface area contributed by atoms with Gasteiger partial charge in [-0.1, -0.05) is 41.6 Å². The molecule has 3 rings (SSSR count). The second-order valence-electron chi connectivity index (χ2n) is 4.85. The Morgan fingerprint density at radius 2 is 1.87 bits per heavy atom. The van der Waals surface area contributed by atoms with Gasteiger partial charge < -0.3 is 4.74 Å². The zero-order valence-corrected chi connectivity index (χ0v) is 14.3. The summed E-state index contributed by atoms with van der Waals surface area (Å²) in [7, 11) is 1.64. The van der Waals surface area contributed by atoms with Gasteiger partial charge in [0.1, 0.15) is 5.75 Å². The molecule has 0 spiro atoms. The molecule has 0 aliphatic heterocycles. The predicted molar refractivity (Wildman–Crippen MR) is 91.4 cm³/mol. The zero-order valence-electron chi connectivity index (χ0n) is 12.7. The Kier molecular flexibility index (Phi) is 4.83. The van der Waals surface area contributed by atoms with Crippen molar-refractivity contribution in [2.75, 3.05) is 7.11 Å². The van der Waals surface area contributed by atoms with Gasteiger partial charge in [-0.05, 0) is 53.2 Å². The van der Waals surface area contributed by atoms with E-state index < -0.39 is 0 Å². The van der Waals surface area contributed by atoms with E-state index in [1.165, 1.54) is 0 Å². The predicted octanol–water partition coefficient (Wildman–Crippen LogP) is 4.18. The molecule has 0 saturated carbocycles. The minimum absolute atomic E-state index is 0.131. The van der Waals surface area contributed by atoms with Gasteiger partial charge >= 0.3 is 0 Å². The largest absolute Gasteiger partial charge is 0.497 e. The lowest BCUT2D eigenvalue weighted by atomic mass is 10.2. The van der Waals surface area contributed by atoms with Gasteiger partial charge in [0.15, 0.2) is 0 Å². The Bertz CT molecular complexity index is 791. The van der Waals surface area contributed by atoms with Crippen molar-refractivity contribution in [3.8, 4) is 11.4 Å². The number of aromatic nitrogens is 4. The summed E-state index contributed by atoms with van der Waals surface area (Å²) in [6.07, 6.45) is 0. The number of tetrazole rings is 1. The van der Waals surface area contributed by atoms with Gasteiger partial charge in [-0.15, -0.1) is 5.10 Å². The van der Waals surface area contributed by atoms with Crippen molar-refractivity contribution in [2.45, 2.75) is 17.3 Å². The van der Waals surface area contributed by atoms with Crippen LogP contribution in [0.2, 0.25) is 5.02 Å². The molecule has 0 unspecified atom stereocenters. The number of nitrogens with zero attached hydrogens (tertiary/aromatic N) is 4. The number of hydrogen-bond donors (Lipinski definition) is 0. The maximum atomic E-state index is 6.26. The van der Waals surface area contributed by atoms with Gasteiger partial charge in [0.25, 0.3) is 0 Å². The van der Waals surface area contributed by atoms with Crippen LogP contribution in [-0.4, -0.2) is 27.3 Å². The first-order valence-corrected chi connectivity index (χ1v) is 8.28. The molecule has 0 radical (unpaired) electrons. The highest BCUT2D eigenvalue weighted by Crippen LogP contribution is 2.37. The van der Waals surface area contributed by atoms with Crippen molar-refractivity contribution in [2.24, 2.45) is 0 Å². The van der Waals surface area contributed by atoms with Crippen molar-refractivity contribution in [3.05, 3.63) is 59.1 Å². The molecule has 5 nitrogen and oxygen atoms in total. The van der Waals surface area contributed by atoms with Crippen LogP contribution < -0.4 is 4.74 Å². The number of benzene rings is 2. The Balaban J connectivity index is 1.84. The summed E-state index contributed by atoms with van der Waals surface area (Å²) in [5, 5.41) is 13.6. The molecule has 0 saturated heterocycles. The third-order valence-electron chi connectivity index (χ3n) is 3.38. The van der Waals surface area contributed by atoms with Crippen LogP contribution in [0, 0.1) is 0 Å². The normalized spacial score (nSPS) is 12.1. The fraction of sp³-hybridized carbons (Fsp3) is 0.188. The first-order valence-electron chi connectivity index (χ1n) is 7.03. The van der Waals surface area contributed by atoms with E-state index in [9.17, 15) is 0 Å². The van der Waals surface area contributed by atoms with Crippen molar-refractivity contribution < 1.29 is 4.74 Å². The van der Waals surface area contributed by atoms with Crippen LogP contribution >= 0.6 is 23.4 Å². The van der Waals surface area contributed by atoms with Crippen LogP contribution in [0.3, 0.4) is 0 Å². The summed E-state index contributed by atoms with van der Waals surface area (Å²) in [6.45, 7) is 2.08. The van der Waals surface area contributed by atoms with Crippen LogP contribution in [0.1, 0.15) is 17.7 Å². The van der Waals surface area contributed by atoms with Gasteiger partial charge in [-0.2, -0.15) is 4.68 Å². The first-order chi connectivity index (χ1) is 11.2. The Labute approximate surface area is 143 Å². The summed E-state index contributed by atoms with van der Waals surface area (Å²) in [5.74, 6) is 0.792. The van der Waals surface area contributed by atoms with E-state index in [1.807, 2.05) is 48.5 Å². The lowest BCUT2D eigenvalue weighted by Gasteiger charge is -2.12. The smallest absolute Gasteiger partial charge is 0.214 e. The molecule has 0 fully saturated rings. The van der Waals surface area contributed by atoms with Gasteiger partial charge in [0.2, 0.25) is 5.16 Å². The summed E-state index contributed by atoms with van der Waals surface area (Å²) < 4.78 is 6.88. The quantitative estimate of drug-likeness (QED) is 0.649. The minimum Gasteiger partial charge on any atom is -0.497 e. The van der Waals surface area contributed by atoms with Crippen LogP contribution in [0.4, 0.5) is 0 Å². The molecule has 23 heavy (non-hydrogen) atoms. The van der Waals surface area contributed by atoms with Crippen LogP contribution in [0.5, 0.6) is 5.75 Å². The number of ether oxygens (including phenoxy) is 1. The van der Waals surface area contributed by atoms with E-state index in [1.54, 1.807) is 23.6 Å². The van der Waals surface area contributed by atoms with Crippen molar-refractivity contribution >= 4 is 23.4 Å². The third-order valence-corrected chi connectivity index (χ3v) is 4.80. The van der Waals surface area contributed by atoms with E-state index >= 15 is 0 Å². The van der Waals surface area contributed by atoms with E-state index in [4.69, 9.17) is 16.3 Å². The molecular formula is C16H15ClN4OS. The number of methoxy groups -OCH3 is 1. The molecule has 1 atom stereocenters. The third kappa shape index (κ3) is 3.48. The van der Waals surface area contributed by atoms with Crippen LogP contribution in [-0.2, 0) is 0 Å². The highest BCUT2D eigenvalue weighted by Gasteiger charge is 2.16. The molecular weight excluding hydrogens is 332 g/mol. The molecule has 0 N–H and O–H groups in total. The van der Waals surface area contributed by atoms with Crippen molar-refractivity contribution in [1.82, 2.24) is 20.2 Å². The highest BCUT2D eigenvalue weighted by atomic mass is 35.5. The highest BCUT2D eigenvalue weighted by molar-refractivity contribution is 7.99. The number of halogens is 1. The summed E-state index contributed by atoms with van der Waals surface area (Å²) in [6, 6.07) is 15.4. The lowest BCUT2D eigenvalue weighted by Crippen LogP contribution is -2.00. The average Bonchev–Trinajstić information content (AvgIpc) is 3.03. The average molecular weight is 347 g/mol. The molecule has 2 aromatic carbocycles. The van der Waals surface area contributed by atoms with E-state index in [2.05, 4.69) is 22.4 Å². The topological polar surface area (TPSA) is 52.8 Å². The summed E-state index contributed by atoms with van der Waals surface area (Å²) >= 11 is 7.82. The lowest BCUT2D eigenvalue weighted by molar-refractivity contribution is 0.414. The first kappa shape index (κ1) is 15.8. The number of rotatable bonds is 5. The molecule has 1 heterocycles. The van der Waals surface area contributed by atoms with Gasteiger partial charge in [-0.25, -0.2) is 0 Å². The molecule has 7 heteroatoms. The number of thioether (sulfide) groups is 1. The molecule has 0 aliphatic carbocycles. The molecule has 0 aliphatic rings. The summed E-state index contributed by atoms with van der Waals surface area (Å²) in [4.78, 5) is 0. The monoisotopic (exact) mass is 346 g/mol. The van der Waals surface area contributed by atoms with Crippen molar-refractivity contribution in [3.63, 3.8) is 0 Å². The maximum Gasteiger partial charge on any atom is 0.214 e. The second kappa shape index (κ2) is 7.02. The van der Waals surface area contributed by atoms with Gasteiger partial charge in [0.05, 0.1) is 12.8 Å². The summed E-state index contributed by atoms with van der Waals surface area (Å²) in [5.41, 5.74) is 1.94. The molecule has 3 aromatic rings. The van der Waals surface area contributed by atoms with E-state index in [0.717, 1.165) is 22.0 Å². The second-order valence-corrected chi connectivity index (χ2v) is 6.57. The maximum absolute atomic E-state index is 6.26.